The molecule has 0 heterocycles. The molecule has 5 heteroatoms. The number of carbonyl (C=O) groups is 2. The van der Waals surface area contributed by atoms with Crippen molar-refractivity contribution in [2.45, 2.75) is 6.92 Å². The molecule has 0 aromatic heterocycles. The van der Waals surface area contributed by atoms with Crippen LogP contribution < -0.4 is 10.2 Å². The van der Waals surface area contributed by atoms with Crippen molar-refractivity contribution in [3.8, 4) is 5.75 Å². The number of benzene rings is 3. The number of esters is 1. The first-order valence-corrected chi connectivity index (χ1v) is 9.06. The Labute approximate surface area is 169 Å². The van der Waals surface area contributed by atoms with E-state index in [0.717, 1.165) is 11.1 Å². The molecule has 1 amide bonds. The van der Waals surface area contributed by atoms with Gasteiger partial charge >= 0.3 is 5.97 Å². The number of carbonyl (C=O) groups excluding carboxylic acids is 2. The molecular weight excluding hydrogens is 364 g/mol. The van der Waals surface area contributed by atoms with Gasteiger partial charge in [0.05, 0.1) is 6.21 Å². The quantitative estimate of drug-likeness (QED) is 0.225. The molecule has 0 aliphatic carbocycles. The van der Waals surface area contributed by atoms with E-state index in [4.69, 9.17) is 4.74 Å². The van der Waals surface area contributed by atoms with Crippen LogP contribution in [-0.2, 0) is 4.79 Å². The summed E-state index contributed by atoms with van der Waals surface area (Å²) in [5.74, 6) is -0.465. The van der Waals surface area contributed by atoms with Crippen LogP contribution in [0.25, 0.3) is 6.08 Å². The van der Waals surface area contributed by atoms with Crippen molar-refractivity contribution < 1.29 is 14.3 Å². The number of hydrogen-bond acceptors (Lipinski definition) is 4. The lowest BCUT2D eigenvalue weighted by Gasteiger charge is -2.05. The molecular formula is C24H20N2O3. The maximum Gasteiger partial charge on any atom is 0.336 e. The van der Waals surface area contributed by atoms with Crippen molar-refractivity contribution in [1.29, 1.82) is 0 Å². The van der Waals surface area contributed by atoms with Crippen molar-refractivity contribution in [1.82, 2.24) is 5.43 Å². The van der Waals surface area contributed by atoms with Crippen LogP contribution in [-0.4, -0.2) is 18.1 Å². The minimum absolute atomic E-state index is 0.315. The van der Waals surface area contributed by atoms with Crippen molar-refractivity contribution >= 4 is 24.2 Å². The third-order valence-electron chi connectivity index (χ3n) is 3.99. The van der Waals surface area contributed by atoms with Crippen LogP contribution in [0, 0.1) is 6.92 Å². The second-order valence-electron chi connectivity index (χ2n) is 6.27. The first kappa shape index (κ1) is 19.8. The Morgan fingerprint density at radius 1 is 0.931 bits per heavy atom. The third kappa shape index (κ3) is 6.01. The molecule has 0 fully saturated rings. The smallest absolute Gasteiger partial charge is 0.336 e. The van der Waals surface area contributed by atoms with Gasteiger partial charge in [-0.25, -0.2) is 10.2 Å². The summed E-state index contributed by atoms with van der Waals surface area (Å²) in [5.41, 5.74) is 5.46. The van der Waals surface area contributed by atoms with Gasteiger partial charge in [-0.3, -0.25) is 4.79 Å². The molecule has 0 saturated carbocycles. The highest BCUT2D eigenvalue weighted by molar-refractivity contribution is 5.95. The van der Waals surface area contributed by atoms with Crippen LogP contribution in [0.15, 0.2) is 90.0 Å². The Morgan fingerprint density at radius 2 is 1.69 bits per heavy atom. The third-order valence-corrected chi connectivity index (χ3v) is 3.99. The summed E-state index contributed by atoms with van der Waals surface area (Å²) in [4.78, 5) is 24.3. The summed E-state index contributed by atoms with van der Waals surface area (Å²) in [6.45, 7) is 1.91. The highest BCUT2D eigenvalue weighted by Crippen LogP contribution is 2.16. The van der Waals surface area contributed by atoms with Gasteiger partial charge in [0, 0.05) is 17.2 Å². The van der Waals surface area contributed by atoms with E-state index in [1.165, 1.54) is 12.3 Å². The highest BCUT2D eigenvalue weighted by atomic mass is 16.5. The minimum atomic E-state index is -0.501. The number of aryl methyl sites for hydroxylation is 1. The summed E-state index contributed by atoms with van der Waals surface area (Å²) >= 11 is 0. The second-order valence-corrected chi connectivity index (χ2v) is 6.27. The Balaban J connectivity index is 1.64. The zero-order valence-electron chi connectivity index (χ0n) is 15.9. The van der Waals surface area contributed by atoms with Gasteiger partial charge in [-0.1, -0.05) is 60.2 Å². The summed E-state index contributed by atoms with van der Waals surface area (Å²) in [6.07, 6.45) is 4.49. The topological polar surface area (TPSA) is 67.8 Å². The lowest BCUT2D eigenvalue weighted by atomic mass is 10.1. The molecule has 29 heavy (non-hydrogen) atoms. The fourth-order valence-electron chi connectivity index (χ4n) is 2.56. The Morgan fingerprint density at radius 3 is 2.48 bits per heavy atom. The molecule has 0 bridgehead atoms. The van der Waals surface area contributed by atoms with E-state index in [1.54, 1.807) is 42.5 Å². The molecule has 144 valence electrons. The van der Waals surface area contributed by atoms with Crippen molar-refractivity contribution in [2.24, 2.45) is 5.10 Å². The van der Waals surface area contributed by atoms with E-state index in [2.05, 4.69) is 10.5 Å². The standard InChI is InChI=1S/C24H20N2O3/c1-18-8-7-12-20(16-18)24(28)26-25-17-21-11-5-6-13-22(21)29-23(27)15-14-19-9-3-2-4-10-19/h2-17H,1H3,(H,26,28)/b15-14+,25-17+. The zero-order chi connectivity index (χ0) is 20.5. The fraction of sp³-hybridized carbons (Fsp3) is 0.0417. The van der Waals surface area contributed by atoms with Crippen molar-refractivity contribution in [3.63, 3.8) is 0 Å². The number of nitrogens with zero attached hydrogens (tertiary/aromatic N) is 1. The molecule has 0 saturated heterocycles. The molecule has 0 radical (unpaired) electrons. The zero-order valence-corrected chi connectivity index (χ0v) is 15.9. The summed E-state index contributed by atoms with van der Waals surface area (Å²) in [6, 6.07) is 23.6. The number of ether oxygens (including phenoxy) is 1. The van der Waals surface area contributed by atoms with Crippen LogP contribution in [0.5, 0.6) is 5.75 Å². The predicted molar refractivity (Wildman–Crippen MR) is 114 cm³/mol. The molecule has 3 aromatic rings. The normalized spacial score (nSPS) is 10.9. The minimum Gasteiger partial charge on any atom is -0.423 e. The van der Waals surface area contributed by atoms with Crippen LogP contribution in [0.2, 0.25) is 0 Å². The van der Waals surface area contributed by atoms with E-state index in [0.29, 0.717) is 16.9 Å². The molecule has 0 aliphatic rings. The molecule has 5 nitrogen and oxygen atoms in total. The van der Waals surface area contributed by atoms with E-state index >= 15 is 0 Å². The first-order valence-electron chi connectivity index (χ1n) is 9.06. The Bertz CT molecular complexity index is 1060. The largest absolute Gasteiger partial charge is 0.423 e. The van der Waals surface area contributed by atoms with Gasteiger partial charge < -0.3 is 4.74 Å². The number of rotatable bonds is 6. The Hall–Kier alpha value is -3.99. The van der Waals surface area contributed by atoms with E-state index < -0.39 is 5.97 Å². The molecule has 1 N–H and O–H groups in total. The molecule has 0 unspecified atom stereocenters. The van der Waals surface area contributed by atoms with Gasteiger partial charge in [0.1, 0.15) is 5.75 Å². The number of hydrogen-bond donors (Lipinski definition) is 1. The van der Waals surface area contributed by atoms with Crippen LogP contribution >= 0.6 is 0 Å². The monoisotopic (exact) mass is 384 g/mol. The molecule has 3 rings (SSSR count). The summed E-state index contributed by atoms with van der Waals surface area (Å²) in [5, 5.41) is 3.98. The SMILES string of the molecule is Cc1cccc(C(=O)N/N=C/c2ccccc2OC(=O)/C=C/c2ccccc2)c1. The van der Waals surface area contributed by atoms with Gasteiger partial charge in [0.25, 0.3) is 5.91 Å². The second kappa shape index (κ2) is 9.80. The number of nitrogens with one attached hydrogen (secondary N) is 1. The lowest BCUT2D eigenvalue weighted by Crippen LogP contribution is -2.17. The number of amides is 1. The van der Waals surface area contributed by atoms with Gasteiger partial charge in [-0.05, 0) is 42.8 Å². The van der Waals surface area contributed by atoms with Gasteiger partial charge in [0.2, 0.25) is 0 Å². The number of para-hydroxylation sites is 1. The van der Waals surface area contributed by atoms with Crippen molar-refractivity contribution in [2.75, 3.05) is 0 Å². The summed E-state index contributed by atoms with van der Waals surface area (Å²) in [7, 11) is 0. The van der Waals surface area contributed by atoms with Crippen LogP contribution in [0.1, 0.15) is 27.0 Å². The van der Waals surface area contributed by atoms with E-state index in [9.17, 15) is 9.59 Å². The van der Waals surface area contributed by atoms with Crippen LogP contribution in [0.4, 0.5) is 0 Å². The average molecular weight is 384 g/mol. The average Bonchev–Trinajstić information content (AvgIpc) is 2.74. The molecule has 3 aromatic carbocycles. The van der Waals surface area contributed by atoms with E-state index in [1.807, 2.05) is 49.4 Å². The number of hydrazone groups is 1. The Kier molecular flexibility index (Phi) is 6.68. The van der Waals surface area contributed by atoms with Gasteiger partial charge in [-0.2, -0.15) is 5.10 Å². The van der Waals surface area contributed by atoms with Gasteiger partial charge in [-0.15, -0.1) is 0 Å². The van der Waals surface area contributed by atoms with Crippen LogP contribution in [0.3, 0.4) is 0 Å². The fourth-order valence-corrected chi connectivity index (χ4v) is 2.56. The highest BCUT2D eigenvalue weighted by Gasteiger charge is 2.06. The van der Waals surface area contributed by atoms with E-state index in [-0.39, 0.29) is 5.91 Å². The predicted octanol–water partition coefficient (Wildman–Crippen LogP) is 4.38. The molecule has 0 atom stereocenters. The lowest BCUT2D eigenvalue weighted by molar-refractivity contribution is -0.128. The first-order chi connectivity index (χ1) is 14.1. The molecule has 0 spiro atoms. The maximum atomic E-state index is 12.2. The van der Waals surface area contributed by atoms with Gasteiger partial charge in [0.15, 0.2) is 0 Å². The maximum absolute atomic E-state index is 12.2. The summed E-state index contributed by atoms with van der Waals surface area (Å²) < 4.78 is 5.40. The molecule has 0 aliphatic heterocycles. The van der Waals surface area contributed by atoms with Crippen molar-refractivity contribution in [3.05, 3.63) is 107 Å².